The Kier molecular flexibility index (Phi) is 6.07. The molecule has 6 heteroatoms. The summed E-state index contributed by atoms with van der Waals surface area (Å²) in [5.74, 6) is 0.839. The van der Waals surface area contributed by atoms with E-state index in [1.54, 1.807) is 16.3 Å². The van der Waals surface area contributed by atoms with E-state index in [9.17, 15) is 4.79 Å². The second kappa shape index (κ2) is 8.05. The molecule has 114 valence electrons. The third-order valence-electron chi connectivity index (χ3n) is 3.20. The molecule has 0 radical (unpaired) electrons. The van der Waals surface area contributed by atoms with E-state index in [0.29, 0.717) is 6.54 Å². The second-order valence-electron chi connectivity index (χ2n) is 4.79. The summed E-state index contributed by atoms with van der Waals surface area (Å²) >= 11 is 1.61. The van der Waals surface area contributed by atoms with Crippen LogP contribution in [-0.4, -0.2) is 27.1 Å². The number of nitrogens with zero attached hydrogens (tertiary/aromatic N) is 2. The average molecular weight is 306 g/mol. The lowest BCUT2D eigenvalue weighted by molar-refractivity contribution is 0.592. The number of aromatic amines is 1. The Balaban J connectivity index is 2.07. The molecule has 1 atom stereocenters. The first-order valence-electron chi connectivity index (χ1n) is 7.32. The van der Waals surface area contributed by atoms with E-state index >= 15 is 0 Å². The van der Waals surface area contributed by atoms with Crippen LogP contribution in [0.1, 0.15) is 31.9 Å². The second-order valence-corrected chi connectivity index (χ2v) is 5.78. The number of hydrogen-bond acceptors (Lipinski definition) is 4. The van der Waals surface area contributed by atoms with Gasteiger partial charge in [0.2, 0.25) is 0 Å². The van der Waals surface area contributed by atoms with Crippen LogP contribution in [0.5, 0.6) is 0 Å². The van der Waals surface area contributed by atoms with Crippen LogP contribution in [0.2, 0.25) is 0 Å². The van der Waals surface area contributed by atoms with Crippen molar-refractivity contribution >= 4 is 11.8 Å². The minimum atomic E-state index is -0.126. The summed E-state index contributed by atoms with van der Waals surface area (Å²) in [6, 6.07) is 10.6. The van der Waals surface area contributed by atoms with Gasteiger partial charge in [-0.1, -0.05) is 55.9 Å². The van der Waals surface area contributed by atoms with E-state index in [0.717, 1.165) is 23.9 Å². The van der Waals surface area contributed by atoms with E-state index < -0.39 is 0 Å². The van der Waals surface area contributed by atoms with Crippen molar-refractivity contribution in [3.63, 3.8) is 0 Å². The van der Waals surface area contributed by atoms with Gasteiger partial charge in [-0.2, -0.15) is 0 Å². The van der Waals surface area contributed by atoms with Crippen molar-refractivity contribution in [1.82, 2.24) is 20.1 Å². The zero-order chi connectivity index (χ0) is 15.1. The van der Waals surface area contributed by atoms with E-state index in [2.05, 4.69) is 41.5 Å². The largest absolute Gasteiger partial charge is 0.343 e. The lowest BCUT2D eigenvalue weighted by Gasteiger charge is -2.17. The van der Waals surface area contributed by atoms with Crippen molar-refractivity contribution in [2.45, 2.75) is 38.0 Å². The molecule has 0 spiro atoms. The van der Waals surface area contributed by atoms with Crippen LogP contribution < -0.4 is 11.0 Å². The van der Waals surface area contributed by atoms with Crippen LogP contribution >= 0.6 is 11.8 Å². The maximum atomic E-state index is 11.7. The van der Waals surface area contributed by atoms with Crippen LogP contribution in [0.3, 0.4) is 0 Å². The summed E-state index contributed by atoms with van der Waals surface area (Å²) in [5, 5.41) is 10.9. The monoisotopic (exact) mass is 306 g/mol. The molecule has 2 N–H and O–H groups in total. The number of H-pyrrole nitrogens is 1. The van der Waals surface area contributed by atoms with Gasteiger partial charge in [-0.05, 0) is 18.5 Å². The van der Waals surface area contributed by atoms with Crippen LogP contribution in [0.25, 0.3) is 0 Å². The Bertz CT molecular complexity index is 593. The van der Waals surface area contributed by atoms with E-state index in [1.807, 2.05) is 18.2 Å². The highest BCUT2D eigenvalue weighted by Crippen LogP contribution is 2.22. The Morgan fingerprint density at radius 2 is 2.10 bits per heavy atom. The average Bonchev–Trinajstić information content (AvgIpc) is 2.86. The van der Waals surface area contributed by atoms with Gasteiger partial charge in [0, 0.05) is 18.3 Å². The fourth-order valence-corrected chi connectivity index (χ4v) is 3.26. The predicted octanol–water partition coefficient (Wildman–Crippen LogP) is 2.42. The molecule has 1 aromatic heterocycles. The van der Waals surface area contributed by atoms with Crippen molar-refractivity contribution in [1.29, 1.82) is 0 Å². The highest BCUT2D eigenvalue weighted by atomic mass is 32.2. The Labute approximate surface area is 129 Å². The summed E-state index contributed by atoms with van der Waals surface area (Å²) in [7, 11) is 0. The van der Waals surface area contributed by atoms with Gasteiger partial charge in [-0.3, -0.25) is 4.57 Å². The number of rotatable bonds is 8. The quantitative estimate of drug-likeness (QED) is 0.735. The van der Waals surface area contributed by atoms with Gasteiger partial charge in [0.25, 0.3) is 0 Å². The summed E-state index contributed by atoms with van der Waals surface area (Å²) in [6.07, 6.45) is 0.919. The lowest BCUT2D eigenvalue weighted by atomic mass is 10.1. The molecule has 1 heterocycles. The highest BCUT2D eigenvalue weighted by molar-refractivity contribution is 7.99. The van der Waals surface area contributed by atoms with Crippen molar-refractivity contribution < 1.29 is 0 Å². The zero-order valence-corrected chi connectivity index (χ0v) is 13.3. The van der Waals surface area contributed by atoms with Gasteiger partial charge in [0.1, 0.15) is 0 Å². The van der Waals surface area contributed by atoms with Gasteiger partial charge >= 0.3 is 5.69 Å². The Hall–Kier alpha value is -1.53. The summed E-state index contributed by atoms with van der Waals surface area (Å²) < 4.78 is 1.71. The van der Waals surface area contributed by atoms with Crippen molar-refractivity contribution in [3.8, 4) is 0 Å². The van der Waals surface area contributed by atoms with Crippen molar-refractivity contribution in [2.75, 3.05) is 12.3 Å². The Morgan fingerprint density at radius 3 is 2.76 bits per heavy atom. The van der Waals surface area contributed by atoms with Crippen molar-refractivity contribution in [2.24, 2.45) is 0 Å². The first-order valence-corrected chi connectivity index (χ1v) is 8.31. The Morgan fingerprint density at radius 1 is 1.33 bits per heavy atom. The molecule has 21 heavy (non-hydrogen) atoms. The normalized spacial score (nSPS) is 12.5. The third-order valence-corrected chi connectivity index (χ3v) is 4.27. The van der Waals surface area contributed by atoms with E-state index in [-0.39, 0.29) is 11.7 Å². The SMILES string of the molecule is CCCn1c(SCC(NCC)c2ccccc2)n[nH]c1=O. The minimum absolute atomic E-state index is 0.126. The third kappa shape index (κ3) is 4.22. The van der Waals surface area contributed by atoms with Crippen LogP contribution in [-0.2, 0) is 6.54 Å². The fourth-order valence-electron chi connectivity index (χ4n) is 2.20. The lowest BCUT2D eigenvalue weighted by Crippen LogP contribution is -2.23. The molecule has 0 aliphatic heterocycles. The first kappa shape index (κ1) is 15.9. The molecular weight excluding hydrogens is 284 g/mol. The van der Waals surface area contributed by atoms with Gasteiger partial charge < -0.3 is 5.32 Å². The highest BCUT2D eigenvalue weighted by Gasteiger charge is 2.14. The molecule has 0 aliphatic carbocycles. The van der Waals surface area contributed by atoms with Crippen LogP contribution in [0, 0.1) is 0 Å². The molecule has 2 aromatic rings. The topological polar surface area (TPSA) is 62.7 Å². The molecule has 0 bridgehead atoms. The molecule has 0 amide bonds. The molecule has 0 aliphatic rings. The molecular formula is C15H22N4OS. The maximum Gasteiger partial charge on any atom is 0.343 e. The number of nitrogens with one attached hydrogen (secondary N) is 2. The van der Waals surface area contributed by atoms with Gasteiger partial charge in [-0.25, -0.2) is 9.89 Å². The molecule has 1 aromatic carbocycles. The summed E-state index contributed by atoms with van der Waals surface area (Å²) in [5.41, 5.74) is 1.13. The molecule has 1 unspecified atom stereocenters. The smallest absolute Gasteiger partial charge is 0.309 e. The molecule has 0 saturated carbocycles. The van der Waals surface area contributed by atoms with Crippen LogP contribution in [0.4, 0.5) is 0 Å². The minimum Gasteiger partial charge on any atom is -0.309 e. The molecule has 5 nitrogen and oxygen atoms in total. The first-order chi connectivity index (χ1) is 10.3. The molecule has 2 rings (SSSR count). The van der Waals surface area contributed by atoms with Crippen molar-refractivity contribution in [3.05, 3.63) is 46.4 Å². The van der Waals surface area contributed by atoms with Crippen LogP contribution in [0.15, 0.2) is 40.3 Å². The van der Waals surface area contributed by atoms with Gasteiger partial charge in [-0.15, -0.1) is 5.10 Å². The summed E-state index contributed by atoms with van der Waals surface area (Å²) in [6.45, 7) is 5.76. The van der Waals surface area contributed by atoms with Gasteiger partial charge in [0.05, 0.1) is 0 Å². The fraction of sp³-hybridized carbons (Fsp3) is 0.467. The standard InChI is InChI=1S/C15H22N4OS/c1-3-10-19-14(20)17-18-15(19)21-11-13(16-4-2)12-8-6-5-7-9-12/h5-9,13,16H,3-4,10-11H2,1-2H3,(H,17,20). The molecule has 0 saturated heterocycles. The van der Waals surface area contributed by atoms with E-state index in [4.69, 9.17) is 0 Å². The van der Waals surface area contributed by atoms with Gasteiger partial charge in [0.15, 0.2) is 5.16 Å². The maximum absolute atomic E-state index is 11.7. The number of aromatic nitrogens is 3. The summed E-state index contributed by atoms with van der Waals surface area (Å²) in [4.78, 5) is 11.7. The number of hydrogen-bond donors (Lipinski definition) is 2. The predicted molar refractivity (Wildman–Crippen MR) is 86.7 cm³/mol. The van der Waals surface area contributed by atoms with E-state index in [1.165, 1.54) is 5.56 Å². The number of thioether (sulfide) groups is 1. The number of benzene rings is 1. The molecule has 0 fully saturated rings. The zero-order valence-electron chi connectivity index (χ0n) is 12.5.